The lowest BCUT2D eigenvalue weighted by molar-refractivity contribution is -0.129. The number of hydrogen-bond acceptors (Lipinski definition) is 5. The smallest absolute Gasteiger partial charge is 0.336 e. The molecule has 0 unspecified atom stereocenters. The summed E-state index contributed by atoms with van der Waals surface area (Å²) < 4.78 is 5.91. The molecule has 0 aromatic heterocycles. The average molecular weight is 472 g/mol. The Morgan fingerprint density at radius 2 is 1.58 bits per heavy atom. The average Bonchev–Trinajstić information content (AvgIpc) is 3.11. The molecular formula is C27H21NO3S2. The summed E-state index contributed by atoms with van der Waals surface area (Å²) in [5.41, 5.74) is 2.92. The Balaban J connectivity index is 1.35. The summed E-state index contributed by atoms with van der Waals surface area (Å²) in [6.07, 6.45) is 5.66. The van der Waals surface area contributed by atoms with Gasteiger partial charge in [-0.25, -0.2) is 4.79 Å². The largest absolute Gasteiger partial charge is 0.423 e. The molecule has 3 aromatic carbocycles. The first-order valence-corrected chi connectivity index (χ1v) is 11.7. The van der Waals surface area contributed by atoms with Crippen LogP contribution in [0.1, 0.15) is 16.7 Å². The fourth-order valence-corrected chi connectivity index (χ4v) is 4.55. The van der Waals surface area contributed by atoms with Gasteiger partial charge in [0.05, 0.1) is 4.91 Å². The number of carbonyl (C=O) groups excluding carboxylic acids is 2. The number of carbonyl (C=O) groups is 2. The molecule has 164 valence electrons. The second-order valence-corrected chi connectivity index (χ2v) is 8.98. The zero-order valence-electron chi connectivity index (χ0n) is 17.7. The number of thioether (sulfide) groups is 1. The molecule has 6 heteroatoms. The van der Waals surface area contributed by atoms with Crippen molar-refractivity contribution in [3.8, 4) is 5.75 Å². The van der Waals surface area contributed by atoms with Crippen LogP contribution in [0.3, 0.4) is 0 Å². The Labute approximate surface area is 202 Å². The van der Waals surface area contributed by atoms with Crippen molar-refractivity contribution in [3.63, 3.8) is 0 Å². The van der Waals surface area contributed by atoms with E-state index in [1.165, 1.54) is 23.4 Å². The van der Waals surface area contributed by atoms with E-state index in [0.717, 1.165) is 17.5 Å². The van der Waals surface area contributed by atoms with Crippen LogP contribution < -0.4 is 4.74 Å². The van der Waals surface area contributed by atoms with Gasteiger partial charge in [-0.1, -0.05) is 96.8 Å². The maximum absolute atomic E-state index is 12.8. The zero-order chi connectivity index (χ0) is 23.0. The molecule has 0 atom stereocenters. The molecule has 3 aromatic rings. The van der Waals surface area contributed by atoms with E-state index in [0.29, 0.717) is 21.5 Å². The molecule has 0 aliphatic carbocycles. The molecule has 1 aliphatic heterocycles. The molecule has 0 spiro atoms. The van der Waals surface area contributed by atoms with Crippen LogP contribution in [0.4, 0.5) is 0 Å². The summed E-state index contributed by atoms with van der Waals surface area (Å²) in [6, 6.07) is 26.6. The van der Waals surface area contributed by atoms with Crippen LogP contribution in [-0.4, -0.2) is 27.6 Å². The van der Waals surface area contributed by atoms with Crippen LogP contribution in [-0.2, 0) is 16.0 Å². The lowest BCUT2D eigenvalue weighted by Crippen LogP contribution is -2.30. The third-order valence-corrected chi connectivity index (χ3v) is 6.33. The van der Waals surface area contributed by atoms with E-state index in [-0.39, 0.29) is 5.91 Å². The Morgan fingerprint density at radius 1 is 0.909 bits per heavy atom. The van der Waals surface area contributed by atoms with Crippen molar-refractivity contribution in [2.45, 2.75) is 6.42 Å². The molecule has 4 rings (SSSR count). The monoisotopic (exact) mass is 471 g/mol. The zero-order valence-corrected chi connectivity index (χ0v) is 19.4. The Morgan fingerprint density at radius 3 is 2.27 bits per heavy atom. The van der Waals surface area contributed by atoms with Gasteiger partial charge in [0.1, 0.15) is 10.1 Å². The summed E-state index contributed by atoms with van der Waals surface area (Å²) >= 11 is 6.72. The predicted octanol–water partition coefficient (Wildman–Crippen LogP) is 5.75. The fraction of sp³-hybridized carbons (Fsp3) is 0.0741. The van der Waals surface area contributed by atoms with E-state index < -0.39 is 5.97 Å². The van der Waals surface area contributed by atoms with Gasteiger partial charge < -0.3 is 4.74 Å². The van der Waals surface area contributed by atoms with Crippen LogP contribution in [0.5, 0.6) is 5.75 Å². The van der Waals surface area contributed by atoms with Crippen LogP contribution >= 0.6 is 24.0 Å². The van der Waals surface area contributed by atoms with Crippen LogP contribution in [0, 0.1) is 0 Å². The van der Waals surface area contributed by atoms with Crippen molar-refractivity contribution in [2.24, 2.45) is 0 Å². The normalized spacial score (nSPS) is 14.9. The van der Waals surface area contributed by atoms with Crippen LogP contribution in [0.25, 0.3) is 12.2 Å². The van der Waals surface area contributed by atoms with Crippen molar-refractivity contribution >= 4 is 52.3 Å². The van der Waals surface area contributed by atoms with E-state index in [1.54, 1.807) is 35.2 Å². The molecule has 1 aliphatic rings. The minimum atomic E-state index is -0.453. The number of benzene rings is 3. The molecule has 0 bridgehead atoms. The number of nitrogens with zero attached hydrogens (tertiary/aromatic N) is 1. The predicted molar refractivity (Wildman–Crippen MR) is 138 cm³/mol. The van der Waals surface area contributed by atoms with Crippen molar-refractivity contribution in [2.75, 3.05) is 6.54 Å². The van der Waals surface area contributed by atoms with Gasteiger partial charge in [0.2, 0.25) is 0 Å². The van der Waals surface area contributed by atoms with Crippen molar-refractivity contribution < 1.29 is 14.3 Å². The van der Waals surface area contributed by atoms with Gasteiger partial charge in [0, 0.05) is 12.6 Å². The van der Waals surface area contributed by atoms with E-state index >= 15 is 0 Å². The molecule has 1 fully saturated rings. The Hall–Kier alpha value is -3.48. The number of thiocarbonyl (C=S) groups is 1. The van der Waals surface area contributed by atoms with Gasteiger partial charge in [0.25, 0.3) is 5.91 Å². The highest BCUT2D eigenvalue weighted by Gasteiger charge is 2.31. The lowest BCUT2D eigenvalue weighted by atomic mass is 10.1. The first-order chi connectivity index (χ1) is 16.1. The van der Waals surface area contributed by atoms with Crippen LogP contribution in [0.15, 0.2) is 95.9 Å². The second kappa shape index (κ2) is 10.9. The molecule has 1 amide bonds. The SMILES string of the molecule is O=C(C=Cc1ccccc1)Oc1ccc(C=C2SC(=S)N(CCc3ccccc3)C2=O)cc1. The highest BCUT2D eigenvalue weighted by Crippen LogP contribution is 2.32. The van der Waals surface area contributed by atoms with E-state index in [4.69, 9.17) is 17.0 Å². The standard InChI is InChI=1S/C27H21NO3S2/c29-25(16-13-20-7-3-1-4-8-20)31-23-14-11-22(12-15-23)19-24-26(30)28(27(32)33-24)18-17-21-9-5-2-6-10-21/h1-16,19H,17-18H2. The second-order valence-electron chi connectivity index (χ2n) is 7.30. The third kappa shape index (κ3) is 6.28. The van der Waals surface area contributed by atoms with E-state index in [1.807, 2.05) is 66.7 Å². The van der Waals surface area contributed by atoms with Gasteiger partial charge in [-0.05, 0) is 47.4 Å². The number of ether oxygens (including phenoxy) is 1. The van der Waals surface area contributed by atoms with Gasteiger partial charge in [-0.2, -0.15) is 0 Å². The van der Waals surface area contributed by atoms with Crippen molar-refractivity contribution in [1.82, 2.24) is 4.90 Å². The van der Waals surface area contributed by atoms with Gasteiger partial charge in [-0.3, -0.25) is 9.69 Å². The van der Waals surface area contributed by atoms with Gasteiger partial charge >= 0.3 is 5.97 Å². The topological polar surface area (TPSA) is 46.6 Å². The first kappa shape index (κ1) is 22.7. The Bertz CT molecular complexity index is 1200. The summed E-state index contributed by atoms with van der Waals surface area (Å²) in [5.74, 6) is -0.0985. The summed E-state index contributed by atoms with van der Waals surface area (Å²) in [6.45, 7) is 0.553. The number of esters is 1. The van der Waals surface area contributed by atoms with Gasteiger partial charge in [0.15, 0.2) is 0 Å². The molecule has 4 nitrogen and oxygen atoms in total. The molecular weight excluding hydrogens is 450 g/mol. The minimum absolute atomic E-state index is 0.0810. The highest BCUT2D eigenvalue weighted by molar-refractivity contribution is 8.26. The van der Waals surface area contributed by atoms with Crippen LogP contribution in [0.2, 0.25) is 0 Å². The molecule has 0 radical (unpaired) electrons. The molecule has 1 heterocycles. The van der Waals surface area contributed by atoms with E-state index in [9.17, 15) is 9.59 Å². The van der Waals surface area contributed by atoms with Crippen molar-refractivity contribution in [3.05, 3.63) is 113 Å². The maximum atomic E-state index is 12.8. The fourth-order valence-electron chi connectivity index (χ4n) is 3.24. The Kier molecular flexibility index (Phi) is 7.50. The van der Waals surface area contributed by atoms with E-state index in [2.05, 4.69) is 0 Å². The third-order valence-electron chi connectivity index (χ3n) is 4.95. The highest BCUT2D eigenvalue weighted by atomic mass is 32.2. The molecule has 0 saturated carbocycles. The van der Waals surface area contributed by atoms with Crippen molar-refractivity contribution in [1.29, 1.82) is 0 Å². The summed E-state index contributed by atoms with van der Waals surface area (Å²) in [7, 11) is 0. The molecule has 0 N–H and O–H groups in total. The number of hydrogen-bond donors (Lipinski definition) is 0. The lowest BCUT2D eigenvalue weighted by Gasteiger charge is -2.14. The number of amides is 1. The quantitative estimate of drug-likeness (QED) is 0.190. The first-order valence-electron chi connectivity index (χ1n) is 10.4. The molecule has 33 heavy (non-hydrogen) atoms. The van der Waals surface area contributed by atoms with Gasteiger partial charge in [-0.15, -0.1) is 0 Å². The summed E-state index contributed by atoms with van der Waals surface area (Å²) in [4.78, 5) is 27.1. The minimum Gasteiger partial charge on any atom is -0.423 e. The maximum Gasteiger partial charge on any atom is 0.336 e. The molecule has 1 saturated heterocycles. The summed E-state index contributed by atoms with van der Waals surface area (Å²) in [5, 5.41) is 0. The number of rotatable bonds is 7.